The number of fused-ring (bicyclic) bond motifs is 1. The molecule has 4 atom stereocenters. The van der Waals surface area contributed by atoms with Crippen molar-refractivity contribution in [3.05, 3.63) is 75.6 Å². The normalized spacial score (nSPS) is 22.0. The second kappa shape index (κ2) is 10.8. The number of hydrogen-bond acceptors (Lipinski definition) is 7. The van der Waals surface area contributed by atoms with Gasteiger partial charge in [0.2, 0.25) is 23.2 Å². The van der Waals surface area contributed by atoms with Crippen LogP contribution >= 0.6 is 11.8 Å². The Morgan fingerprint density at radius 2 is 1.80 bits per heavy atom. The highest BCUT2D eigenvalue weighted by molar-refractivity contribution is 8.01. The van der Waals surface area contributed by atoms with Gasteiger partial charge in [-0.1, -0.05) is 30.3 Å². The van der Waals surface area contributed by atoms with E-state index in [0.717, 1.165) is 12.0 Å². The molecule has 1 aromatic heterocycles. The van der Waals surface area contributed by atoms with Gasteiger partial charge >= 0.3 is 5.97 Å². The van der Waals surface area contributed by atoms with Gasteiger partial charge in [-0.25, -0.2) is 4.79 Å². The van der Waals surface area contributed by atoms with Crippen LogP contribution in [0.25, 0.3) is 10.9 Å². The highest BCUT2D eigenvalue weighted by Crippen LogP contribution is 2.50. The molecule has 0 radical (unpaired) electrons. The van der Waals surface area contributed by atoms with Crippen LogP contribution in [0, 0.1) is 0 Å². The number of thioether (sulfide) groups is 1. The molecule has 44 heavy (non-hydrogen) atoms. The zero-order chi connectivity index (χ0) is 31.5. The number of hydrogen-bond donors (Lipinski definition) is 4. The summed E-state index contributed by atoms with van der Waals surface area (Å²) in [6.45, 7) is 5.46. The first-order chi connectivity index (χ1) is 20.9. The predicted molar refractivity (Wildman–Crippen MR) is 163 cm³/mol. The van der Waals surface area contributed by atoms with Crippen molar-refractivity contribution in [3.63, 3.8) is 0 Å². The number of amides is 4. The molecule has 0 spiro atoms. The van der Waals surface area contributed by atoms with Crippen LogP contribution in [0.2, 0.25) is 0 Å². The molecule has 4 amide bonds. The monoisotopic (exact) mass is 617 g/mol. The van der Waals surface area contributed by atoms with Gasteiger partial charge in [0, 0.05) is 41.0 Å². The maximum absolute atomic E-state index is 13.7. The average Bonchev–Trinajstić information content (AvgIpc) is 3.24. The van der Waals surface area contributed by atoms with E-state index in [1.165, 1.54) is 29.8 Å². The molecule has 4 N–H and O–H groups in total. The molecule has 3 aromatic rings. The fourth-order valence-electron chi connectivity index (χ4n) is 6.43. The number of β-lactam (4-membered cyclic amide) rings is 1. The van der Waals surface area contributed by atoms with E-state index >= 15 is 0 Å². The first kappa shape index (κ1) is 29.4. The average molecular weight is 618 g/mol. The third kappa shape index (κ3) is 4.80. The van der Waals surface area contributed by atoms with Gasteiger partial charge in [-0.3, -0.25) is 24.0 Å². The highest BCUT2D eigenvalue weighted by Gasteiger charge is 2.64. The maximum atomic E-state index is 13.7. The number of aromatic nitrogens is 1. The van der Waals surface area contributed by atoms with Crippen molar-refractivity contribution in [2.45, 2.75) is 68.4 Å². The molecule has 228 valence electrons. The molecule has 0 aliphatic carbocycles. The number of carbonyl (C=O) groups excluding carboxylic acids is 4. The fourth-order valence-corrected chi connectivity index (χ4v) is 8.06. The van der Waals surface area contributed by atoms with Gasteiger partial charge in [-0.05, 0) is 44.4 Å². The second-order valence-electron chi connectivity index (χ2n) is 11.7. The second-order valence-corrected chi connectivity index (χ2v) is 13.5. The van der Waals surface area contributed by atoms with Crippen LogP contribution in [0.1, 0.15) is 54.7 Å². The molecule has 3 aliphatic rings. The number of carboxylic acid groups (broad SMARTS) is 1. The summed E-state index contributed by atoms with van der Waals surface area (Å²) in [5, 5.41) is 17.7. The van der Waals surface area contributed by atoms with E-state index in [2.05, 4.69) is 16.0 Å². The summed E-state index contributed by atoms with van der Waals surface area (Å²) in [5.41, 5.74) is 1.90. The van der Waals surface area contributed by atoms with Gasteiger partial charge in [0.25, 0.3) is 5.91 Å². The van der Waals surface area contributed by atoms with Crippen molar-refractivity contribution in [1.29, 1.82) is 0 Å². The molecule has 2 saturated heterocycles. The molecule has 3 aliphatic heterocycles. The lowest BCUT2D eigenvalue weighted by Crippen LogP contribution is -2.71. The number of aryl methyl sites for hydroxylation is 2. The summed E-state index contributed by atoms with van der Waals surface area (Å²) in [6.07, 6.45) is 2.88. The molecule has 2 aromatic carbocycles. The van der Waals surface area contributed by atoms with Crippen molar-refractivity contribution in [3.8, 4) is 0 Å². The lowest BCUT2D eigenvalue weighted by molar-refractivity contribution is -0.161. The molecule has 6 rings (SSSR count). The van der Waals surface area contributed by atoms with Gasteiger partial charge in [-0.2, -0.15) is 0 Å². The Morgan fingerprint density at radius 3 is 2.48 bits per heavy atom. The maximum Gasteiger partial charge on any atom is 0.327 e. The van der Waals surface area contributed by atoms with Crippen LogP contribution in [0.3, 0.4) is 0 Å². The molecule has 0 bridgehead atoms. The van der Waals surface area contributed by atoms with Gasteiger partial charge in [0.1, 0.15) is 29.1 Å². The van der Waals surface area contributed by atoms with Gasteiger partial charge in [-0.15, -0.1) is 11.8 Å². The van der Waals surface area contributed by atoms with E-state index in [1.807, 2.05) is 4.57 Å². The van der Waals surface area contributed by atoms with E-state index in [9.17, 15) is 33.9 Å². The third-order valence-corrected chi connectivity index (χ3v) is 9.94. The number of nitrogens with zero attached hydrogens (tertiary/aromatic N) is 2. The molecule has 4 heterocycles. The molecular formula is C31H31N5O7S. The first-order valence-electron chi connectivity index (χ1n) is 14.2. The van der Waals surface area contributed by atoms with Gasteiger partial charge in [0.05, 0.1) is 5.52 Å². The Kier molecular flexibility index (Phi) is 7.23. The molecule has 13 heteroatoms. The minimum atomic E-state index is -1.24. The minimum Gasteiger partial charge on any atom is -0.480 e. The van der Waals surface area contributed by atoms with Crippen molar-refractivity contribution in [2.24, 2.45) is 0 Å². The van der Waals surface area contributed by atoms with Crippen molar-refractivity contribution in [2.75, 3.05) is 5.32 Å². The number of carbonyl (C=O) groups is 5. The van der Waals surface area contributed by atoms with E-state index in [0.29, 0.717) is 35.1 Å². The van der Waals surface area contributed by atoms with Crippen LogP contribution in [-0.4, -0.2) is 66.4 Å². The van der Waals surface area contributed by atoms with E-state index < -0.39 is 57.4 Å². The number of benzene rings is 2. The third-order valence-electron chi connectivity index (χ3n) is 8.37. The zero-order valence-corrected chi connectivity index (χ0v) is 25.1. The SMILES string of the molecule is CC(=O)Nc1ccc2c(=O)c(C(=O)NC(C(=O)NC3C(=O)N4C3SC(C)(C)C4C(=O)O)c3ccccc3)cn3c2c1CCC3. The highest BCUT2D eigenvalue weighted by atomic mass is 32.2. The minimum absolute atomic E-state index is 0.144. The number of pyridine rings is 1. The van der Waals surface area contributed by atoms with Crippen molar-refractivity contribution >= 4 is 58.0 Å². The standard InChI is InChI=1S/C31H31N5O7S/c1-15(37)32-20-12-11-18-23-17(20)10-7-13-35(23)14-19(24(18)38)26(39)33-21(16-8-5-4-6-9-16)27(40)34-22-28(41)36-25(30(42)43)31(2,3)44-29(22)36/h4-6,8-9,11-12,14,21-22,25,29H,7,10,13H2,1-3H3,(H,32,37)(H,33,39)(H,34,40)(H,42,43). The summed E-state index contributed by atoms with van der Waals surface area (Å²) in [4.78, 5) is 78.9. The summed E-state index contributed by atoms with van der Waals surface area (Å²) >= 11 is 1.30. The Hall–Kier alpha value is -4.65. The number of nitrogens with one attached hydrogen (secondary N) is 3. The largest absolute Gasteiger partial charge is 0.480 e. The lowest BCUT2D eigenvalue weighted by atomic mass is 9.95. The summed E-state index contributed by atoms with van der Waals surface area (Å²) in [7, 11) is 0. The molecule has 2 fully saturated rings. The topological polar surface area (TPSA) is 167 Å². The fraction of sp³-hybridized carbons (Fsp3) is 0.355. The molecular weight excluding hydrogens is 586 g/mol. The Labute approximate surface area is 256 Å². The van der Waals surface area contributed by atoms with E-state index in [-0.39, 0.29) is 11.5 Å². The first-order valence-corrected chi connectivity index (χ1v) is 15.1. The quantitative estimate of drug-likeness (QED) is 0.292. The molecule has 12 nitrogen and oxygen atoms in total. The lowest BCUT2D eigenvalue weighted by Gasteiger charge is -2.44. The van der Waals surface area contributed by atoms with Gasteiger partial charge < -0.3 is 30.5 Å². The Morgan fingerprint density at radius 1 is 1.07 bits per heavy atom. The number of anilines is 1. The van der Waals surface area contributed by atoms with Crippen LogP contribution in [0.4, 0.5) is 5.69 Å². The Bertz CT molecular complexity index is 1800. The summed E-state index contributed by atoms with van der Waals surface area (Å²) < 4.78 is 1.06. The predicted octanol–water partition coefficient (Wildman–Crippen LogP) is 2.01. The number of aliphatic carboxylic acids is 1. The number of rotatable bonds is 7. The van der Waals surface area contributed by atoms with E-state index in [4.69, 9.17) is 0 Å². The van der Waals surface area contributed by atoms with Crippen LogP contribution in [0.15, 0.2) is 53.5 Å². The summed E-state index contributed by atoms with van der Waals surface area (Å²) in [5.74, 6) is -3.27. The number of carboxylic acids is 1. The van der Waals surface area contributed by atoms with Crippen LogP contribution < -0.4 is 21.4 Å². The molecule has 0 saturated carbocycles. The Balaban J connectivity index is 1.29. The molecule has 4 unspecified atom stereocenters. The smallest absolute Gasteiger partial charge is 0.327 e. The van der Waals surface area contributed by atoms with Crippen molar-refractivity contribution in [1.82, 2.24) is 20.1 Å². The van der Waals surface area contributed by atoms with Crippen LogP contribution in [0.5, 0.6) is 0 Å². The zero-order valence-electron chi connectivity index (χ0n) is 24.2. The summed E-state index contributed by atoms with van der Waals surface area (Å²) in [6, 6.07) is 8.48. The van der Waals surface area contributed by atoms with E-state index in [1.54, 1.807) is 56.3 Å². The van der Waals surface area contributed by atoms with Gasteiger partial charge in [0.15, 0.2) is 0 Å². The van der Waals surface area contributed by atoms with Crippen LogP contribution in [-0.2, 0) is 32.1 Å². The van der Waals surface area contributed by atoms with Crippen molar-refractivity contribution < 1.29 is 29.1 Å².